The van der Waals surface area contributed by atoms with Crippen molar-refractivity contribution in [3.8, 4) is 0 Å². The standard InChI is InChI=1S/C24H26N2O5/c1-3-30-23(28)21-19(25-24(29)26-22(21)18-12-8-5-9-13-18)15-31-20(27)14-16(2)17-10-6-4-7-11-17/h4-13,16,22H,3,14-15H2,1-2H3,(H2,25,26,29)/t16-,22+/m1/s1. The molecule has 1 aliphatic heterocycles. The van der Waals surface area contributed by atoms with Gasteiger partial charge < -0.3 is 20.1 Å². The van der Waals surface area contributed by atoms with E-state index in [1.54, 1.807) is 19.1 Å². The lowest BCUT2D eigenvalue weighted by Gasteiger charge is -2.29. The Morgan fingerprint density at radius 2 is 1.65 bits per heavy atom. The lowest BCUT2D eigenvalue weighted by molar-refractivity contribution is -0.144. The van der Waals surface area contributed by atoms with E-state index in [9.17, 15) is 14.4 Å². The Morgan fingerprint density at radius 1 is 1.00 bits per heavy atom. The number of ether oxygens (including phenoxy) is 2. The Morgan fingerprint density at radius 3 is 2.29 bits per heavy atom. The number of esters is 2. The van der Waals surface area contributed by atoms with Gasteiger partial charge in [0, 0.05) is 0 Å². The van der Waals surface area contributed by atoms with Crippen LogP contribution in [0.5, 0.6) is 0 Å². The van der Waals surface area contributed by atoms with Gasteiger partial charge in [-0.3, -0.25) is 4.79 Å². The summed E-state index contributed by atoms with van der Waals surface area (Å²) in [6, 6.07) is 17.6. The molecule has 0 radical (unpaired) electrons. The fraction of sp³-hybridized carbons (Fsp3) is 0.292. The van der Waals surface area contributed by atoms with Crippen LogP contribution in [-0.4, -0.2) is 31.2 Å². The molecule has 3 rings (SSSR count). The molecule has 1 aliphatic rings. The molecule has 0 bridgehead atoms. The quantitative estimate of drug-likeness (QED) is 0.634. The number of hydrogen-bond acceptors (Lipinski definition) is 5. The van der Waals surface area contributed by atoms with Crippen molar-refractivity contribution in [2.45, 2.75) is 32.2 Å². The number of amides is 2. The van der Waals surface area contributed by atoms with Gasteiger partial charge in [-0.2, -0.15) is 0 Å². The van der Waals surface area contributed by atoms with E-state index < -0.39 is 24.0 Å². The molecule has 0 spiro atoms. The molecule has 0 fully saturated rings. The average molecular weight is 422 g/mol. The molecule has 1 heterocycles. The van der Waals surface area contributed by atoms with Crippen molar-refractivity contribution in [2.24, 2.45) is 0 Å². The lowest BCUT2D eigenvalue weighted by atomic mass is 9.95. The minimum absolute atomic E-state index is 0.0214. The monoisotopic (exact) mass is 422 g/mol. The Kier molecular flexibility index (Phi) is 7.43. The van der Waals surface area contributed by atoms with E-state index in [2.05, 4.69) is 10.6 Å². The summed E-state index contributed by atoms with van der Waals surface area (Å²) in [6.45, 7) is 3.60. The third kappa shape index (κ3) is 5.72. The first-order chi connectivity index (χ1) is 15.0. The number of rotatable bonds is 8. The smallest absolute Gasteiger partial charge is 0.338 e. The molecule has 2 aromatic rings. The van der Waals surface area contributed by atoms with Gasteiger partial charge in [-0.1, -0.05) is 67.6 Å². The summed E-state index contributed by atoms with van der Waals surface area (Å²) >= 11 is 0. The van der Waals surface area contributed by atoms with Crippen LogP contribution in [0.3, 0.4) is 0 Å². The molecule has 0 saturated carbocycles. The van der Waals surface area contributed by atoms with Gasteiger partial charge in [-0.05, 0) is 24.0 Å². The highest BCUT2D eigenvalue weighted by Gasteiger charge is 2.34. The second-order valence-corrected chi connectivity index (χ2v) is 7.23. The largest absolute Gasteiger partial charge is 0.463 e. The van der Waals surface area contributed by atoms with Gasteiger partial charge in [0.15, 0.2) is 0 Å². The number of hydrogen-bond donors (Lipinski definition) is 2. The Bertz CT molecular complexity index is 956. The molecule has 31 heavy (non-hydrogen) atoms. The second-order valence-electron chi connectivity index (χ2n) is 7.23. The second kappa shape index (κ2) is 10.4. The van der Waals surface area contributed by atoms with Crippen LogP contribution in [0.15, 0.2) is 71.9 Å². The summed E-state index contributed by atoms with van der Waals surface area (Å²) in [7, 11) is 0. The zero-order valence-corrected chi connectivity index (χ0v) is 17.6. The first-order valence-electron chi connectivity index (χ1n) is 10.2. The molecular weight excluding hydrogens is 396 g/mol. The molecule has 2 atom stereocenters. The summed E-state index contributed by atoms with van der Waals surface area (Å²) < 4.78 is 10.6. The highest BCUT2D eigenvalue weighted by Crippen LogP contribution is 2.28. The summed E-state index contributed by atoms with van der Waals surface area (Å²) in [5, 5.41) is 5.34. The Hall–Kier alpha value is -3.61. The van der Waals surface area contributed by atoms with Crippen molar-refractivity contribution in [3.63, 3.8) is 0 Å². The van der Waals surface area contributed by atoms with Gasteiger partial charge in [0.05, 0.1) is 30.3 Å². The van der Waals surface area contributed by atoms with Crippen molar-refractivity contribution in [3.05, 3.63) is 83.1 Å². The Balaban J connectivity index is 1.78. The van der Waals surface area contributed by atoms with E-state index in [0.717, 1.165) is 11.1 Å². The van der Waals surface area contributed by atoms with Crippen LogP contribution in [-0.2, 0) is 19.1 Å². The Labute approximate surface area is 181 Å². The van der Waals surface area contributed by atoms with Crippen molar-refractivity contribution >= 4 is 18.0 Å². The van der Waals surface area contributed by atoms with Crippen LogP contribution in [0.1, 0.15) is 43.4 Å². The molecule has 7 heteroatoms. The van der Waals surface area contributed by atoms with E-state index in [1.807, 2.05) is 55.5 Å². The minimum atomic E-state index is -0.703. The van der Waals surface area contributed by atoms with Crippen LogP contribution < -0.4 is 10.6 Å². The van der Waals surface area contributed by atoms with Gasteiger partial charge in [-0.15, -0.1) is 0 Å². The summed E-state index contributed by atoms with van der Waals surface area (Å²) in [6.07, 6.45) is 0.181. The predicted octanol–water partition coefficient (Wildman–Crippen LogP) is 3.59. The molecule has 2 amide bonds. The lowest BCUT2D eigenvalue weighted by Crippen LogP contribution is -2.47. The fourth-order valence-corrected chi connectivity index (χ4v) is 3.44. The first-order valence-corrected chi connectivity index (χ1v) is 10.2. The summed E-state index contributed by atoms with van der Waals surface area (Å²) in [5.41, 5.74) is 2.19. The molecule has 162 valence electrons. The van der Waals surface area contributed by atoms with Gasteiger partial charge in [0.2, 0.25) is 0 Å². The van der Waals surface area contributed by atoms with Crippen molar-refractivity contribution in [1.29, 1.82) is 0 Å². The van der Waals surface area contributed by atoms with E-state index in [1.165, 1.54) is 0 Å². The molecular formula is C24H26N2O5. The van der Waals surface area contributed by atoms with Crippen molar-refractivity contribution in [2.75, 3.05) is 13.2 Å². The van der Waals surface area contributed by atoms with Gasteiger partial charge in [-0.25, -0.2) is 9.59 Å². The van der Waals surface area contributed by atoms with E-state index in [0.29, 0.717) is 0 Å². The van der Waals surface area contributed by atoms with Crippen LogP contribution >= 0.6 is 0 Å². The topological polar surface area (TPSA) is 93.7 Å². The summed E-state index contributed by atoms with van der Waals surface area (Å²) in [4.78, 5) is 37.4. The zero-order valence-electron chi connectivity index (χ0n) is 17.6. The molecule has 0 aromatic heterocycles. The minimum Gasteiger partial charge on any atom is -0.463 e. The van der Waals surface area contributed by atoms with E-state index in [4.69, 9.17) is 9.47 Å². The molecule has 0 saturated heterocycles. The first kappa shape index (κ1) is 22.1. The van der Waals surface area contributed by atoms with Crippen LogP contribution in [0, 0.1) is 0 Å². The molecule has 2 N–H and O–H groups in total. The molecule has 0 aliphatic carbocycles. The van der Waals surface area contributed by atoms with Gasteiger partial charge >= 0.3 is 18.0 Å². The third-order valence-electron chi connectivity index (χ3n) is 5.00. The van der Waals surface area contributed by atoms with E-state index >= 15 is 0 Å². The van der Waals surface area contributed by atoms with Gasteiger partial charge in [0.1, 0.15) is 6.61 Å². The number of carbonyl (C=O) groups is 3. The molecule has 7 nitrogen and oxygen atoms in total. The SMILES string of the molecule is CCOC(=O)C1=C(COC(=O)C[C@@H](C)c2ccccc2)NC(=O)N[C@H]1c1ccccc1. The van der Waals surface area contributed by atoms with Crippen molar-refractivity contribution < 1.29 is 23.9 Å². The zero-order chi connectivity index (χ0) is 22.2. The number of carbonyl (C=O) groups excluding carboxylic acids is 3. The normalized spacial score (nSPS) is 16.7. The van der Waals surface area contributed by atoms with E-state index in [-0.39, 0.29) is 36.8 Å². The average Bonchev–Trinajstić information content (AvgIpc) is 2.78. The summed E-state index contributed by atoms with van der Waals surface area (Å²) in [5.74, 6) is -1.02. The maximum Gasteiger partial charge on any atom is 0.338 e. The number of nitrogens with one attached hydrogen (secondary N) is 2. The predicted molar refractivity (Wildman–Crippen MR) is 115 cm³/mol. The molecule has 2 aromatic carbocycles. The maximum atomic E-state index is 12.7. The molecule has 0 unspecified atom stereocenters. The van der Waals surface area contributed by atoms with Crippen LogP contribution in [0.25, 0.3) is 0 Å². The maximum absolute atomic E-state index is 12.7. The van der Waals surface area contributed by atoms with Crippen LogP contribution in [0.4, 0.5) is 4.79 Å². The highest BCUT2D eigenvalue weighted by atomic mass is 16.5. The number of benzene rings is 2. The third-order valence-corrected chi connectivity index (χ3v) is 5.00. The fourth-order valence-electron chi connectivity index (χ4n) is 3.44. The van der Waals surface area contributed by atoms with Crippen molar-refractivity contribution in [1.82, 2.24) is 10.6 Å². The number of urea groups is 1. The van der Waals surface area contributed by atoms with Crippen LogP contribution in [0.2, 0.25) is 0 Å². The van der Waals surface area contributed by atoms with Gasteiger partial charge in [0.25, 0.3) is 0 Å². The highest BCUT2D eigenvalue weighted by molar-refractivity contribution is 5.95.